The Hall–Kier alpha value is -1.70. The van der Waals surface area contributed by atoms with Crippen molar-refractivity contribution < 1.29 is 8.42 Å². The van der Waals surface area contributed by atoms with Gasteiger partial charge >= 0.3 is 0 Å². The summed E-state index contributed by atoms with van der Waals surface area (Å²) in [5.74, 6) is 0. The number of aryl methyl sites for hydroxylation is 1. The first kappa shape index (κ1) is 14.7. The van der Waals surface area contributed by atoms with E-state index in [1.165, 1.54) is 10.5 Å². The molecule has 3 N–H and O–H groups in total. The largest absolute Gasteiger partial charge is 0.326 e. The highest BCUT2D eigenvalue weighted by Gasteiger charge is 2.25. The highest BCUT2D eigenvalue weighted by atomic mass is 32.2. The molecule has 2 aromatic rings. The molecule has 0 atom stereocenters. The van der Waals surface area contributed by atoms with Crippen molar-refractivity contribution in [2.45, 2.75) is 25.0 Å². The Morgan fingerprint density at radius 3 is 2.65 bits per heavy atom. The van der Waals surface area contributed by atoms with E-state index in [2.05, 4.69) is 10.2 Å². The zero-order valence-electron chi connectivity index (χ0n) is 11.5. The van der Waals surface area contributed by atoms with Gasteiger partial charge in [0, 0.05) is 25.7 Å². The average Bonchev–Trinajstić information content (AvgIpc) is 2.90. The third-order valence-electron chi connectivity index (χ3n) is 3.22. The summed E-state index contributed by atoms with van der Waals surface area (Å²) in [6, 6.07) is 7.69. The van der Waals surface area contributed by atoms with Gasteiger partial charge in [-0.05, 0) is 18.1 Å². The molecule has 6 nitrogen and oxygen atoms in total. The molecule has 0 unspecified atom stereocenters. The van der Waals surface area contributed by atoms with Crippen molar-refractivity contribution in [2.75, 3.05) is 7.05 Å². The van der Waals surface area contributed by atoms with E-state index >= 15 is 0 Å². The van der Waals surface area contributed by atoms with Crippen LogP contribution in [0.15, 0.2) is 35.5 Å². The maximum Gasteiger partial charge on any atom is 0.260 e. The van der Waals surface area contributed by atoms with Crippen LogP contribution >= 0.6 is 0 Å². The molecule has 0 saturated carbocycles. The molecule has 108 valence electrons. The number of hydrogen-bond donors (Lipinski definition) is 2. The lowest BCUT2D eigenvalue weighted by Crippen LogP contribution is -2.28. The molecular weight excluding hydrogens is 276 g/mol. The lowest BCUT2D eigenvalue weighted by molar-refractivity contribution is 0.462. The van der Waals surface area contributed by atoms with Crippen molar-refractivity contribution in [3.05, 3.63) is 47.2 Å². The predicted octanol–water partition coefficient (Wildman–Crippen LogP) is 0.998. The SMILES string of the molecule is Cc1ccccc1CN(C)S(=O)(=O)c1[nH]ncc1CN. The molecule has 0 saturated heterocycles. The molecule has 20 heavy (non-hydrogen) atoms. The molecular formula is C13H18N4O2S. The number of rotatable bonds is 5. The summed E-state index contributed by atoms with van der Waals surface area (Å²) in [7, 11) is -2.07. The van der Waals surface area contributed by atoms with Crippen LogP contribution in [0, 0.1) is 6.92 Å². The van der Waals surface area contributed by atoms with Crippen molar-refractivity contribution in [2.24, 2.45) is 5.73 Å². The molecule has 2 rings (SSSR count). The van der Waals surface area contributed by atoms with Crippen molar-refractivity contribution in [3.8, 4) is 0 Å². The molecule has 0 aliphatic rings. The Labute approximate surface area is 118 Å². The summed E-state index contributed by atoms with van der Waals surface area (Å²) >= 11 is 0. The summed E-state index contributed by atoms with van der Waals surface area (Å²) < 4.78 is 26.3. The predicted molar refractivity (Wildman–Crippen MR) is 76.3 cm³/mol. The van der Waals surface area contributed by atoms with E-state index in [4.69, 9.17) is 5.73 Å². The topological polar surface area (TPSA) is 92.1 Å². The minimum atomic E-state index is -3.62. The third-order valence-corrected chi connectivity index (χ3v) is 5.04. The minimum Gasteiger partial charge on any atom is -0.326 e. The van der Waals surface area contributed by atoms with E-state index in [1.807, 2.05) is 31.2 Å². The van der Waals surface area contributed by atoms with Crippen LogP contribution in [-0.2, 0) is 23.1 Å². The number of hydrogen-bond acceptors (Lipinski definition) is 4. The lowest BCUT2D eigenvalue weighted by atomic mass is 10.1. The molecule has 0 aliphatic carbocycles. The molecule has 1 aromatic heterocycles. The monoisotopic (exact) mass is 294 g/mol. The highest BCUT2D eigenvalue weighted by molar-refractivity contribution is 7.89. The van der Waals surface area contributed by atoms with Gasteiger partial charge in [-0.2, -0.15) is 9.40 Å². The summed E-state index contributed by atoms with van der Waals surface area (Å²) in [5, 5.41) is 6.34. The molecule has 0 radical (unpaired) electrons. The van der Waals surface area contributed by atoms with Crippen LogP contribution in [0.25, 0.3) is 0 Å². The fourth-order valence-electron chi connectivity index (χ4n) is 1.94. The highest BCUT2D eigenvalue weighted by Crippen LogP contribution is 2.19. The van der Waals surface area contributed by atoms with Gasteiger partial charge in [0.25, 0.3) is 10.0 Å². The molecule has 1 heterocycles. The van der Waals surface area contributed by atoms with Gasteiger partial charge in [0.15, 0.2) is 5.03 Å². The number of aromatic nitrogens is 2. The standard InChI is InChI=1S/C13H18N4O2S/c1-10-5-3-4-6-11(10)9-17(2)20(18,19)13-12(7-14)8-15-16-13/h3-6,8H,7,9,14H2,1-2H3,(H,15,16). The average molecular weight is 294 g/mol. The second kappa shape index (κ2) is 5.74. The number of H-pyrrole nitrogens is 1. The lowest BCUT2D eigenvalue weighted by Gasteiger charge is -2.18. The number of benzene rings is 1. The number of aromatic amines is 1. The van der Waals surface area contributed by atoms with E-state index in [9.17, 15) is 8.42 Å². The molecule has 0 fully saturated rings. The Balaban J connectivity index is 2.29. The zero-order valence-corrected chi connectivity index (χ0v) is 12.3. The Bertz CT molecular complexity index is 694. The first-order chi connectivity index (χ1) is 9.46. The van der Waals surface area contributed by atoms with E-state index in [1.54, 1.807) is 7.05 Å². The van der Waals surface area contributed by atoms with Crippen LogP contribution in [0.1, 0.15) is 16.7 Å². The normalized spacial score (nSPS) is 12.0. The van der Waals surface area contributed by atoms with Crippen molar-refractivity contribution in [1.29, 1.82) is 0 Å². The number of nitrogens with two attached hydrogens (primary N) is 1. The van der Waals surface area contributed by atoms with Crippen LogP contribution in [0.5, 0.6) is 0 Å². The van der Waals surface area contributed by atoms with Crippen LogP contribution in [-0.4, -0.2) is 30.0 Å². The number of nitrogens with one attached hydrogen (secondary N) is 1. The Morgan fingerprint density at radius 1 is 1.30 bits per heavy atom. The van der Waals surface area contributed by atoms with Crippen LogP contribution in [0.4, 0.5) is 0 Å². The number of nitrogens with zero attached hydrogens (tertiary/aromatic N) is 2. The molecule has 0 aliphatic heterocycles. The zero-order chi connectivity index (χ0) is 14.8. The smallest absolute Gasteiger partial charge is 0.260 e. The first-order valence-electron chi connectivity index (χ1n) is 6.20. The van der Waals surface area contributed by atoms with Gasteiger partial charge in [0.05, 0.1) is 6.20 Å². The van der Waals surface area contributed by atoms with Gasteiger partial charge in [-0.1, -0.05) is 24.3 Å². The van der Waals surface area contributed by atoms with Gasteiger partial charge in [-0.3, -0.25) is 5.10 Å². The molecule has 1 aromatic carbocycles. The van der Waals surface area contributed by atoms with Crippen molar-refractivity contribution in [3.63, 3.8) is 0 Å². The van der Waals surface area contributed by atoms with Gasteiger partial charge in [-0.15, -0.1) is 0 Å². The fourth-order valence-corrected chi connectivity index (χ4v) is 3.19. The molecule has 0 bridgehead atoms. The summed E-state index contributed by atoms with van der Waals surface area (Å²) in [5.41, 5.74) is 8.03. The van der Waals surface area contributed by atoms with Gasteiger partial charge in [0.1, 0.15) is 0 Å². The number of sulfonamides is 1. The Morgan fingerprint density at radius 2 is 2.00 bits per heavy atom. The summed E-state index contributed by atoms with van der Waals surface area (Å²) in [4.78, 5) is 0. The first-order valence-corrected chi connectivity index (χ1v) is 7.64. The van der Waals surface area contributed by atoms with Crippen LogP contribution < -0.4 is 5.73 Å². The van der Waals surface area contributed by atoms with Crippen LogP contribution in [0.2, 0.25) is 0 Å². The fraction of sp³-hybridized carbons (Fsp3) is 0.308. The van der Waals surface area contributed by atoms with Gasteiger partial charge in [0.2, 0.25) is 0 Å². The molecule has 0 spiro atoms. The second-order valence-electron chi connectivity index (χ2n) is 4.62. The maximum atomic E-state index is 12.5. The molecule has 7 heteroatoms. The summed E-state index contributed by atoms with van der Waals surface area (Å²) in [6.45, 7) is 2.39. The van der Waals surface area contributed by atoms with Crippen LogP contribution in [0.3, 0.4) is 0 Å². The van der Waals surface area contributed by atoms with E-state index in [-0.39, 0.29) is 11.6 Å². The summed E-state index contributed by atoms with van der Waals surface area (Å²) in [6.07, 6.45) is 1.44. The Kier molecular flexibility index (Phi) is 4.22. The van der Waals surface area contributed by atoms with E-state index < -0.39 is 10.0 Å². The van der Waals surface area contributed by atoms with Crippen molar-refractivity contribution >= 4 is 10.0 Å². The maximum absolute atomic E-state index is 12.5. The van der Waals surface area contributed by atoms with E-state index in [0.717, 1.165) is 11.1 Å². The quantitative estimate of drug-likeness (QED) is 0.860. The minimum absolute atomic E-state index is 0.0658. The third kappa shape index (κ3) is 2.74. The second-order valence-corrected chi connectivity index (χ2v) is 6.60. The van der Waals surface area contributed by atoms with Gasteiger partial charge < -0.3 is 5.73 Å². The molecule has 0 amide bonds. The van der Waals surface area contributed by atoms with Crippen molar-refractivity contribution in [1.82, 2.24) is 14.5 Å². The van der Waals surface area contributed by atoms with Gasteiger partial charge in [-0.25, -0.2) is 8.42 Å². The van der Waals surface area contributed by atoms with E-state index in [0.29, 0.717) is 12.1 Å².